The number of nitrogens with zero attached hydrogens (tertiary/aromatic N) is 1. The zero-order valence-electron chi connectivity index (χ0n) is 10.8. The summed E-state index contributed by atoms with van der Waals surface area (Å²) in [7, 11) is 0. The largest absolute Gasteiger partial charge is 0.480 e. The van der Waals surface area contributed by atoms with Crippen molar-refractivity contribution in [2.24, 2.45) is 5.41 Å². The molecule has 1 unspecified atom stereocenters. The Labute approximate surface area is 109 Å². The van der Waals surface area contributed by atoms with Gasteiger partial charge < -0.3 is 10.4 Å². The number of aromatic nitrogens is 1. The first kappa shape index (κ1) is 14.4. The van der Waals surface area contributed by atoms with E-state index in [1.165, 1.54) is 11.3 Å². The molecule has 0 aromatic carbocycles. The van der Waals surface area contributed by atoms with Crippen LogP contribution in [0.25, 0.3) is 0 Å². The molecule has 3 N–H and O–H groups in total. The van der Waals surface area contributed by atoms with Gasteiger partial charge in [-0.25, -0.2) is 14.6 Å². The lowest BCUT2D eigenvalue weighted by Crippen LogP contribution is -2.50. The molecule has 0 aliphatic heterocycles. The fourth-order valence-corrected chi connectivity index (χ4v) is 2.01. The van der Waals surface area contributed by atoms with Gasteiger partial charge in [0.05, 0.1) is 5.69 Å². The first-order valence-electron chi connectivity index (χ1n) is 5.42. The second-order valence-corrected chi connectivity index (χ2v) is 5.89. The third-order valence-electron chi connectivity index (χ3n) is 2.23. The summed E-state index contributed by atoms with van der Waals surface area (Å²) in [6.45, 7) is 7.06. The van der Waals surface area contributed by atoms with E-state index in [0.717, 1.165) is 5.69 Å². The van der Waals surface area contributed by atoms with Gasteiger partial charge in [-0.1, -0.05) is 20.8 Å². The number of hydrogen-bond donors (Lipinski definition) is 3. The minimum Gasteiger partial charge on any atom is -0.480 e. The van der Waals surface area contributed by atoms with E-state index in [1.807, 2.05) is 6.92 Å². The lowest BCUT2D eigenvalue weighted by Gasteiger charge is -2.27. The molecule has 1 aromatic heterocycles. The molecule has 2 amide bonds. The Morgan fingerprint density at radius 1 is 1.44 bits per heavy atom. The summed E-state index contributed by atoms with van der Waals surface area (Å²) < 4.78 is 0. The Morgan fingerprint density at radius 3 is 2.44 bits per heavy atom. The number of amides is 2. The number of rotatable bonds is 3. The van der Waals surface area contributed by atoms with Gasteiger partial charge in [0.25, 0.3) is 0 Å². The summed E-state index contributed by atoms with van der Waals surface area (Å²) >= 11 is 1.29. The zero-order valence-corrected chi connectivity index (χ0v) is 11.6. The lowest BCUT2D eigenvalue weighted by molar-refractivity contribution is -0.141. The molecule has 0 saturated carbocycles. The Morgan fingerprint density at radius 2 is 2.06 bits per heavy atom. The van der Waals surface area contributed by atoms with E-state index in [-0.39, 0.29) is 0 Å². The van der Waals surface area contributed by atoms with Gasteiger partial charge in [-0.2, -0.15) is 0 Å². The molecule has 0 fully saturated rings. The number of anilines is 1. The molecule has 1 rings (SSSR count). The van der Waals surface area contributed by atoms with Crippen LogP contribution < -0.4 is 10.6 Å². The van der Waals surface area contributed by atoms with Crippen LogP contribution >= 0.6 is 11.3 Å². The van der Waals surface area contributed by atoms with E-state index in [2.05, 4.69) is 15.6 Å². The minimum absolute atomic E-state index is 0.447. The van der Waals surface area contributed by atoms with Crippen molar-refractivity contribution < 1.29 is 14.7 Å². The van der Waals surface area contributed by atoms with Gasteiger partial charge in [0.2, 0.25) is 0 Å². The average Bonchev–Trinajstić information content (AvgIpc) is 2.58. The highest BCUT2D eigenvalue weighted by molar-refractivity contribution is 7.13. The van der Waals surface area contributed by atoms with Crippen LogP contribution in [0.5, 0.6) is 0 Å². The SMILES string of the molecule is Cc1csc(NC(=O)NC(C(=O)O)C(C)(C)C)n1. The maximum atomic E-state index is 11.7. The van der Waals surface area contributed by atoms with Crippen LogP contribution in [-0.4, -0.2) is 28.1 Å². The summed E-state index contributed by atoms with van der Waals surface area (Å²) in [4.78, 5) is 26.8. The van der Waals surface area contributed by atoms with Crippen molar-refractivity contribution in [3.05, 3.63) is 11.1 Å². The van der Waals surface area contributed by atoms with Crippen LogP contribution in [0, 0.1) is 12.3 Å². The van der Waals surface area contributed by atoms with Crippen molar-refractivity contribution in [2.45, 2.75) is 33.7 Å². The van der Waals surface area contributed by atoms with Crippen molar-refractivity contribution >= 4 is 28.5 Å². The number of aliphatic carboxylic acids is 1. The molecule has 18 heavy (non-hydrogen) atoms. The molecule has 1 atom stereocenters. The van der Waals surface area contributed by atoms with E-state index in [4.69, 9.17) is 5.11 Å². The smallest absolute Gasteiger partial charge is 0.326 e. The van der Waals surface area contributed by atoms with Crippen LogP contribution in [-0.2, 0) is 4.79 Å². The molecular weight excluding hydrogens is 254 g/mol. The van der Waals surface area contributed by atoms with Crippen LogP contribution in [0.3, 0.4) is 0 Å². The van der Waals surface area contributed by atoms with Crippen molar-refractivity contribution in [1.82, 2.24) is 10.3 Å². The van der Waals surface area contributed by atoms with E-state index in [1.54, 1.807) is 26.2 Å². The van der Waals surface area contributed by atoms with Crippen molar-refractivity contribution in [3.63, 3.8) is 0 Å². The quantitative estimate of drug-likeness (QED) is 0.784. The molecule has 0 aliphatic rings. The van der Waals surface area contributed by atoms with Gasteiger partial charge in [-0.3, -0.25) is 5.32 Å². The van der Waals surface area contributed by atoms with Crippen LogP contribution in [0.1, 0.15) is 26.5 Å². The molecule has 0 aliphatic carbocycles. The summed E-state index contributed by atoms with van der Waals surface area (Å²) in [6, 6.07) is -1.52. The molecular formula is C11H17N3O3S. The third kappa shape index (κ3) is 3.99. The second-order valence-electron chi connectivity index (χ2n) is 5.03. The van der Waals surface area contributed by atoms with Crippen LogP contribution in [0.15, 0.2) is 5.38 Å². The minimum atomic E-state index is -1.06. The Kier molecular flexibility index (Phi) is 4.28. The van der Waals surface area contributed by atoms with Gasteiger partial charge in [0, 0.05) is 5.38 Å². The van der Waals surface area contributed by atoms with E-state index >= 15 is 0 Å². The number of carbonyl (C=O) groups excluding carboxylic acids is 1. The summed E-state index contributed by atoms with van der Waals surface area (Å²) in [5.74, 6) is -1.06. The number of hydrogen-bond acceptors (Lipinski definition) is 4. The van der Waals surface area contributed by atoms with Gasteiger partial charge >= 0.3 is 12.0 Å². The monoisotopic (exact) mass is 271 g/mol. The number of urea groups is 1. The number of nitrogens with one attached hydrogen (secondary N) is 2. The van der Waals surface area contributed by atoms with Crippen molar-refractivity contribution in [3.8, 4) is 0 Å². The predicted molar refractivity (Wildman–Crippen MR) is 69.9 cm³/mol. The average molecular weight is 271 g/mol. The van der Waals surface area contributed by atoms with Gasteiger partial charge in [0.1, 0.15) is 6.04 Å². The molecule has 7 heteroatoms. The van der Waals surface area contributed by atoms with Crippen LogP contribution in [0.2, 0.25) is 0 Å². The van der Waals surface area contributed by atoms with E-state index in [0.29, 0.717) is 5.13 Å². The highest BCUT2D eigenvalue weighted by atomic mass is 32.1. The molecule has 0 bridgehead atoms. The van der Waals surface area contributed by atoms with Crippen molar-refractivity contribution in [1.29, 1.82) is 0 Å². The number of aryl methyl sites for hydroxylation is 1. The maximum absolute atomic E-state index is 11.7. The zero-order chi connectivity index (χ0) is 13.9. The molecule has 0 radical (unpaired) electrons. The highest BCUT2D eigenvalue weighted by Gasteiger charge is 2.32. The van der Waals surface area contributed by atoms with Gasteiger partial charge in [0.15, 0.2) is 5.13 Å². The van der Waals surface area contributed by atoms with E-state index < -0.39 is 23.5 Å². The van der Waals surface area contributed by atoms with E-state index in [9.17, 15) is 9.59 Å². The Bertz CT molecular complexity index is 451. The molecule has 1 aromatic rings. The predicted octanol–water partition coefficient (Wildman–Crippen LogP) is 2.07. The molecule has 6 nitrogen and oxygen atoms in total. The first-order valence-corrected chi connectivity index (χ1v) is 6.30. The van der Waals surface area contributed by atoms with Crippen molar-refractivity contribution in [2.75, 3.05) is 5.32 Å². The number of carboxylic acid groups (broad SMARTS) is 1. The Hall–Kier alpha value is -1.63. The Balaban J connectivity index is 2.65. The summed E-state index contributed by atoms with van der Waals surface area (Å²) in [5, 5.41) is 16.3. The second kappa shape index (κ2) is 5.34. The van der Waals surface area contributed by atoms with Gasteiger partial charge in [-0.05, 0) is 12.3 Å². The van der Waals surface area contributed by atoms with Gasteiger partial charge in [-0.15, -0.1) is 11.3 Å². The molecule has 0 spiro atoms. The fourth-order valence-electron chi connectivity index (χ4n) is 1.32. The first-order chi connectivity index (χ1) is 8.20. The fraction of sp³-hybridized carbons (Fsp3) is 0.545. The molecule has 0 saturated heterocycles. The summed E-state index contributed by atoms with van der Waals surface area (Å²) in [6.07, 6.45) is 0. The molecule has 1 heterocycles. The standard InChI is InChI=1S/C11H17N3O3S/c1-6-5-18-10(12-6)14-9(17)13-7(8(15)16)11(2,3)4/h5,7H,1-4H3,(H,15,16)(H2,12,13,14,17). The lowest BCUT2D eigenvalue weighted by atomic mass is 9.87. The highest BCUT2D eigenvalue weighted by Crippen LogP contribution is 2.20. The number of carboxylic acids is 1. The maximum Gasteiger partial charge on any atom is 0.326 e. The topological polar surface area (TPSA) is 91.3 Å². The number of carbonyl (C=O) groups is 2. The summed E-state index contributed by atoms with van der Waals surface area (Å²) in [5.41, 5.74) is 0.239. The normalized spacial score (nSPS) is 12.9. The van der Waals surface area contributed by atoms with Crippen LogP contribution in [0.4, 0.5) is 9.93 Å². The third-order valence-corrected chi connectivity index (χ3v) is 3.10. The molecule has 100 valence electrons. The number of thiazole rings is 1.